The Balaban J connectivity index is 1.61. The lowest BCUT2D eigenvalue weighted by Gasteiger charge is -2.24. The first-order valence-electron chi connectivity index (χ1n) is 12.8. The minimum atomic E-state index is -0.809. The van der Waals surface area contributed by atoms with Gasteiger partial charge in [0, 0.05) is 48.6 Å². The Labute approximate surface area is 227 Å². The smallest absolute Gasteiger partial charge is 0.286 e. The van der Waals surface area contributed by atoms with Gasteiger partial charge in [0.05, 0.1) is 12.7 Å². The van der Waals surface area contributed by atoms with Crippen molar-refractivity contribution in [2.24, 2.45) is 10.2 Å². The van der Waals surface area contributed by atoms with Crippen molar-refractivity contribution in [2.75, 3.05) is 13.2 Å². The second-order valence-electron chi connectivity index (χ2n) is 9.34. The summed E-state index contributed by atoms with van der Waals surface area (Å²) in [6.45, 7) is 6.34. The van der Waals surface area contributed by atoms with Crippen molar-refractivity contribution in [1.82, 2.24) is 10.2 Å². The number of hydrogen-bond acceptors (Lipinski definition) is 7. The van der Waals surface area contributed by atoms with Crippen LogP contribution in [0.5, 0.6) is 5.75 Å². The predicted octanol–water partition coefficient (Wildman–Crippen LogP) is 3.87. The van der Waals surface area contributed by atoms with Crippen LogP contribution in [0.15, 0.2) is 64.4 Å². The number of aliphatic hydroxyl groups excluding tert-OH is 1. The maximum atomic E-state index is 13.3. The van der Waals surface area contributed by atoms with Crippen LogP contribution in [-0.4, -0.2) is 59.2 Å². The van der Waals surface area contributed by atoms with E-state index in [9.17, 15) is 24.4 Å². The van der Waals surface area contributed by atoms with E-state index < -0.39 is 24.0 Å². The topological polar surface area (TPSA) is 138 Å². The third kappa shape index (κ3) is 8.15. The monoisotopic (exact) mass is 534 g/mol. The molecular weight excluding hydrogens is 500 g/mol. The van der Waals surface area contributed by atoms with Crippen LogP contribution in [0.1, 0.15) is 61.5 Å². The third-order valence-corrected chi connectivity index (χ3v) is 6.55. The Kier molecular flexibility index (Phi) is 10.6. The van der Waals surface area contributed by atoms with Crippen LogP contribution in [-0.2, 0) is 16.1 Å². The van der Waals surface area contributed by atoms with Gasteiger partial charge in [0.1, 0.15) is 11.8 Å². The van der Waals surface area contributed by atoms with E-state index in [2.05, 4.69) is 15.5 Å². The molecule has 1 unspecified atom stereocenters. The number of carbonyl (C=O) groups excluding carboxylic acids is 3. The van der Waals surface area contributed by atoms with Gasteiger partial charge in [-0.25, -0.2) is 0 Å². The molecule has 39 heavy (non-hydrogen) atoms. The zero-order valence-corrected chi connectivity index (χ0v) is 22.4. The molecule has 1 saturated heterocycles. The molecule has 3 amide bonds. The van der Waals surface area contributed by atoms with Crippen LogP contribution >= 0.6 is 0 Å². The molecule has 2 atom stereocenters. The van der Waals surface area contributed by atoms with Crippen molar-refractivity contribution in [3.63, 3.8) is 0 Å². The highest BCUT2D eigenvalue weighted by Crippen LogP contribution is 2.24. The number of ether oxygens (including phenoxy) is 1. The van der Waals surface area contributed by atoms with Crippen molar-refractivity contribution in [3.05, 3.63) is 75.8 Å². The number of likely N-dealkylation sites (tertiary alicyclic amines) is 1. The normalized spacial score (nSPS) is 17.6. The quantitative estimate of drug-likeness (QED) is 0.255. The van der Waals surface area contributed by atoms with Gasteiger partial charge in [-0.15, -0.1) is 4.91 Å². The number of benzene rings is 2. The fourth-order valence-corrected chi connectivity index (χ4v) is 4.31. The van der Waals surface area contributed by atoms with E-state index in [0.29, 0.717) is 17.7 Å². The number of aliphatic hydroxyl groups is 1. The highest BCUT2D eigenvalue weighted by molar-refractivity contribution is 5.98. The lowest BCUT2D eigenvalue weighted by Crippen LogP contribution is -2.45. The van der Waals surface area contributed by atoms with Gasteiger partial charge in [-0.05, 0) is 62.1 Å². The number of nitroso groups, excluding NO2 is 1. The summed E-state index contributed by atoms with van der Waals surface area (Å²) in [4.78, 5) is 53.2. The zero-order valence-electron chi connectivity index (χ0n) is 22.4. The maximum absolute atomic E-state index is 13.3. The number of allylic oxidation sites excluding steroid dienone is 2. The molecule has 0 aliphatic carbocycles. The highest BCUT2D eigenvalue weighted by atomic mass is 16.5. The van der Waals surface area contributed by atoms with Crippen LogP contribution in [0.2, 0.25) is 0 Å². The van der Waals surface area contributed by atoms with E-state index in [0.717, 1.165) is 22.4 Å². The number of β-amino-alcohol motifs (C(OH)–C–C–N with tert-alkyl or cyclic N) is 1. The van der Waals surface area contributed by atoms with Crippen molar-refractivity contribution in [2.45, 2.75) is 58.7 Å². The summed E-state index contributed by atoms with van der Waals surface area (Å²) in [5.74, 6) is -1.06. The van der Waals surface area contributed by atoms with Crippen LogP contribution in [0.25, 0.3) is 5.57 Å². The number of carbonyl (C=O) groups is 3. The van der Waals surface area contributed by atoms with E-state index in [1.807, 2.05) is 45.0 Å². The Bertz CT molecular complexity index is 1250. The SMILES string of the molecule is C/C=N\C(C)=C(/C)c1ccc(CNC(=O)C2C[C@@H](O)CN2C(=O)c2cccc(OCCCC(=O)N=O)c2)cc1. The van der Waals surface area contributed by atoms with E-state index in [-0.39, 0.29) is 38.4 Å². The molecule has 2 N–H and O–H groups in total. The molecule has 206 valence electrons. The molecule has 10 nitrogen and oxygen atoms in total. The van der Waals surface area contributed by atoms with Gasteiger partial charge >= 0.3 is 0 Å². The first-order valence-corrected chi connectivity index (χ1v) is 12.8. The summed E-state index contributed by atoms with van der Waals surface area (Å²) < 4.78 is 5.58. The highest BCUT2D eigenvalue weighted by Gasteiger charge is 2.39. The van der Waals surface area contributed by atoms with Crippen molar-refractivity contribution in [3.8, 4) is 5.75 Å². The zero-order chi connectivity index (χ0) is 28.4. The number of hydrogen-bond donors (Lipinski definition) is 2. The molecule has 0 spiro atoms. The van der Waals surface area contributed by atoms with Crippen molar-refractivity contribution >= 4 is 29.5 Å². The second kappa shape index (κ2) is 14.1. The van der Waals surface area contributed by atoms with Gasteiger partial charge in [0.25, 0.3) is 11.8 Å². The maximum Gasteiger partial charge on any atom is 0.286 e. The largest absolute Gasteiger partial charge is 0.494 e. The van der Waals surface area contributed by atoms with E-state index in [4.69, 9.17) is 4.74 Å². The van der Waals surface area contributed by atoms with Gasteiger partial charge in [0.15, 0.2) is 0 Å². The van der Waals surface area contributed by atoms with Gasteiger partial charge < -0.3 is 20.1 Å². The van der Waals surface area contributed by atoms with E-state index in [1.165, 1.54) is 4.90 Å². The van der Waals surface area contributed by atoms with Crippen molar-refractivity contribution < 1.29 is 24.2 Å². The lowest BCUT2D eigenvalue weighted by atomic mass is 10.0. The van der Waals surface area contributed by atoms with E-state index in [1.54, 1.807) is 30.5 Å². The van der Waals surface area contributed by atoms with Crippen LogP contribution in [0, 0.1) is 4.91 Å². The molecule has 0 aromatic heterocycles. The predicted molar refractivity (Wildman–Crippen MR) is 148 cm³/mol. The standard InChI is InChI=1S/C29H34N4O6/c1-4-30-20(3)19(2)22-12-10-21(11-13-22)17-31-28(36)26-16-24(34)18-33(26)29(37)23-7-5-8-25(15-23)39-14-6-9-27(35)32-38/h4-5,7-8,10-13,15,24,26,34H,6,9,14,16-18H2,1-3H3,(H,31,36)/b20-19+,30-4-/t24-,26?/m1/s1. The fourth-order valence-electron chi connectivity index (χ4n) is 4.31. The average Bonchev–Trinajstić information content (AvgIpc) is 3.35. The molecule has 2 aromatic rings. The number of rotatable bonds is 11. The minimum absolute atomic E-state index is 0.0148. The molecule has 1 fully saturated rings. The molecule has 0 bridgehead atoms. The molecule has 3 rings (SSSR count). The molecule has 2 aromatic carbocycles. The Hall–Kier alpha value is -4.18. The number of nitrogens with zero attached hydrogens (tertiary/aromatic N) is 3. The summed E-state index contributed by atoms with van der Waals surface area (Å²) >= 11 is 0. The molecule has 0 radical (unpaired) electrons. The summed E-state index contributed by atoms with van der Waals surface area (Å²) in [6, 6.07) is 13.5. The molecule has 0 saturated carbocycles. The molecule has 1 heterocycles. The lowest BCUT2D eigenvalue weighted by molar-refractivity contribution is -0.125. The minimum Gasteiger partial charge on any atom is -0.494 e. The van der Waals surface area contributed by atoms with Crippen LogP contribution in [0.4, 0.5) is 0 Å². The molecule has 1 aliphatic rings. The van der Waals surface area contributed by atoms with Gasteiger partial charge in [-0.2, -0.15) is 0 Å². The summed E-state index contributed by atoms with van der Waals surface area (Å²) in [7, 11) is 0. The number of amides is 3. The van der Waals surface area contributed by atoms with Crippen molar-refractivity contribution in [1.29, 1.82) is 0 Å². The Morgan fingerprint density at radius 2 is 1.87 bits per heavy atom. The van der Waals surface area contributed by atoms with Crippen LogP contribution < -0.4 is 10.1 Å². The number of nitrogens with one attached hydrogen (secondary N) is 1. The number of aliphatic imine (C=N–C) groups is 1. The van der Waals surface area contributed by atoms with Gasteiger partial charge in [-0.3, -0.25) is 19.4 Å². The molecule has 10 heteroatoms. The molecular formula is C29H34N4O6. The van der Waals surface area contributed by atoms with Gasteiger partial charge in [0.2, 0.25) is 5.91 Å². The summed E-state index contributed by atoms with van der Waals surface area (Å²) in [6.07, 6.45) is 1.39. The first kappa shape index (κ1) is 29.4. The third-order valence-electron chi connectivity index (χ3n) is 6.55. The van der Waals surface area contributed by atoms with E-state index >= 15 is 0 Å². The second-order valence-corrected chi connectivity index (χ2v) is 9.34. The average molecular weight is 535 g/mol. The summed E-state index contributed by atoms with van der Waals surface area (Å²) in [5, 5.41) is 15.5. The summed E-state index contributed by atoms with van der Waals surface area (Å²) in [5.41, 5.74) is 4.26. The fraction of sp³-hybridized carbons (Fsp3) is 0.379. The van der Waals surface area contributed by atoms with Gasteiger partial charge in [-0.1, -0.05) is 30.3 Å². The first-order chi connectivity index (χ1) is 18.7. The Morgan fingerprint density at radius 1 is 1.13 bits per heavy atom. The Morgan fingerprint density at radius 3 is 2.56 bits per heavy atom. The molecule has 1 aliphatic heterocycles. The van der Waals surface area contributed by atoms with Crippen LogP contribution in [0.3, 0.4) is 0 Å².